The summed E-state index contributed by atoms with van der Waals surface area (Å²) in [6.07, 6.45) is 3.26. The van der Waals surface area contributed by atoms with Gasteiger partial charge in [-0.15, -0.1) is 0 Å². The summed E-state index contributed by atoms with van der Waals surface area (Å²) >= 11 is 0. The number of anilines is 2. The number of carbonyl (C=O) groups excluding carboxylic acids is 2. The molecule has 110 valence electrons. The molecule has 6 nitrogen and oxygen atoms in total. The number of rotatable bonds is 4. The maximum atomic E-state index is 13.5. The molecule has 2 rings (SSSR count). The third-order valence-corrected chi connectivity index (χ3v) is 2.85. The van der Waals surface area contributed by atoms with Crippen molar-refractivity contribution in [3.05, 3.63) is 42.5 Å². The molecule has 1 aromatic heterocycles. The third-order valence-electron chi connectivity index (χ3n) is 2.85. The fraction of sp³-hybridized carbons (Fsp3) is 0.214. The summed E-state index contributed by atoms with van der Waals surface area (Å²) in [5.74, 6) is -1.25. The summed E-state index contributed by atoms with van der Waals surface area (Å²) in [6.45, 7) is 2.98. The SMILES string of the molecule is CC(=O)Nc1cc(NC(=O)C(C)n2cccn2)ccc1F. The number of aromatic nitrogens is 2. The van der Waals surface area contributed by atoms with Crippen LogP contribution in [0.4, 0.5) is 15.8 Å². The lowest BCUT2D eigenvalue weighted by molar-refractivity contribution is -0.119. The minimum Gasteiger partial charge on any atom is -0.324 e. The van der Waals surface area contributed by atoms with Crippen LogP contribution in [0.25, 0.3) is 0 Å². The van der Waals surface area contributed by atoms with Gasteiger partial charge in [-0.3, -0.25) is 14.3 Å². The number of amides is 2. The van der Waals surface area contributed by atoms with Gasteiger partial charge in [0.05, 0.1) is 5.69 Å². The van der Waals surface area contributed by atoms with Crippen LogP contribution in [0, 0.1) is 5.82 Å². The number of hydrogen-bond acceptors (Lipinski definition) is 3. The Balaban J connectivity index is 2.12. The molecule has 7 heteroatoms. The van der Waals surface area contributed by atoms with Crippen molar-refractivity contribution in [2.45, 2.75) is 19.9 Å². The summed E-state index contributed by atoms with van der Waals surface area (Å²) < 4.78 is 15.0. The fourth-order valence-corrected chi connectivity index (χ4v) is 1.77. The van der Waals surface area contributed by atoms with Gasteiger partial charge in [0.1, 0.15) is 11.9 Å². The number of benzene rings is 1. The molecule has 1 unspecified atom stereocenters. The highest BCUT2D eigenvalue weighted by Crippen LogP contribution is 2.20. The van der Waals surface area contributed by atoms with Crippen LogP contribution in [-0.2, 0) is 9.59 Å². The highest BCUT2D eigenvalue weighted by atomic mass is 19.1. The Morgan fingerprint density at radius 1 is 1.33 bits per heavy atom. The van der Waals surface area contributed by atoms with Gasteiger partial charge in [0.15, 0.2) is 0 Å². The van der Waals surface area contributed by atoms with Gasteiger partial charge in [0.2, 0.25) is 11.8 Å². The molecule has 1 atom stereocenters. The van der Waals surface area contributed by atoms with Crippen LogP contribution in [0.2, 0.25) is 0 Å². The molecule has 2 N–H and O–H groups in total. The molecular weight excluding hydrogens is 275 g/mol. The molecule has 0 saturated carbocycles. The smallest absolute Gasteiger partial charge is 0.248 e. The molecule has 1 aromatic carbocycles. The van der Waals surface area contributed by atoms with E-state index in [4.69, 9.17) is 0 Å². The first-order valence-corrected chi connectivity index (χ1v) is 6.34. The topological polar surface area (TPSA) is 76.0 Å². The van der Waals surface area contributed by atoms with E-state index in [0.29, 0.717) is 5.69 Å². The third kappa shape index (κ3) is 3.65. The Hall–Kier alpha value is -2.70. The normalized spacial score (nSPS) is 11.8. The van der Waals surface area contributed by atoms with E-state index in [1.807, 2.05) is 0 Å². The van der Waals surface area contributed by atoms with Crippen LogP contribution < -0.4 is 10.6 Å². The van der Waals surface area contributed by atoms with Crippen LogP contribution in [0.15, 0.2) is 36.7 Å². The molecule has 0 aliphatic carbocycles. The number of hydrogen-bond donors (Lipinski definition) is 2. The van der Waals surface area contributed by atoms with Crippen molar-refractivity contribution in [1.29, 1.82) is 0 Å². The van der Waals surface area contributed by atoms with E-state index in [0.717, 1.165) is 0 Å². The number of carbonyl (C=O) groups is 2. The van der Waals surface area contributed by atoms with Crippen molar-refractivity contribution in [3.8, 4) is 0 Å². The molecule has 0 radical (unpaired) electrons. The number of nitrogens with zero attached hydrogens (tertiary/aromatic N) is 2. The van der Waals surface area contributed by atoms with Crippen LogP contribution in [0.5, 0.6) is 0 Å². The first-order chi connectivity index (χ1) is 9.97. The first kappa shape index (κ1) is 14.7. The first-order valence-electron chi connectivity index (χ1n) is 6.34. The van der Waals surface area contributed by atoms with E-state index in [-0.39, 0.29) is 17.5 Å². The van der Waals surface area contributed by atoms with Crippen LogP contribution in [0.3, 0.4) is 0 Å². The van der Waals surface area contributed by atoms with E-state index in [2.05, 4.69) is 15.7 Å². The van der Waals surface area contributed by atoms with Gasteiger partial charge in [-0.1, -0.05) is 0 Å². The zero-order valence-corrected chi connectivity index (χ0v) is 11.6. The fourth-order valence-electron chi connectivity index (χ4n) is 1.77. The Morgan fingerprint density at radius 2 is 2.10 bits per heavy atom. The summed E-state index contributed by atoms with van der Waals surface area (Å²) in [7, 11) is 0. The maximum absolute atomic E-state index is 13.5. The van der Waals surface area contributed by atoms with Gasteiger partial charge >= 0.3 is 0 Å². The van der Waals surface area contributed by atoms with Crippen molar-refractivity contribution < 1.29 is 14.0 Å². The standard InChI is InChI=1S/C14H15FN4O2/c1-9(19-7-3-6-16-19)14(21)18-11-4-5-12(15)13(8-11)17-10(2)20/h3-9H,1-2H3,(H,17,20)(H,18,21). The molecule has 0 spiro atoms. The summed E-state index contributed by atoms with van der Waals surface area (Å²) in [5, 5.41) is 9.00. The number of nitrogens with one attached hydrogen (secondary N) is 2. The highest BCUT2D eigenvalue weighted by molar-refractivity contribution is 5.95. The molecule has 0 aliphatic rings. The lowest BCUT2D eigenvalue weighted by atomic mass is 10.2. The summed E-state index contributed by atoms with van der Waals surface area (Å²) in [5.41, 5.74) is 0.413. The highest BCUT2D eigenvalue weighted by Gasteiger charge is 2.15. The summed E-state index contributed by atoms with van der Waals surface area (Å²) in [6, 6.07) is 5.18. The lowest BCUT2D eigenvalue weighted by Gasteiger charge is -2.13. The largest absolute Gasteiger partial charge is 0.324 e. The second kappa shape index (κ2) is 6.17. The van der Waals surface area contributed by atoms with Gasteiger partial charge < -0.3 is 10.6 Å². The molecule has 1 heterocycles. The Morgan fingerprint density at radius 3 is 2.71 bits per heavy atom. The average molecular weight is 290 g/mol. The minimum atomic E-state index is -0.566. The Bertz CT molecular complexity index is 655. The molecule has 2 amide bonds. The van der Waals surface area contributed by atoms with Crippen molar-refractivity contribution in [2.24, 2.45) is 0 Å². The zero-order valence-electron chi connectivity index (χ0n) is 11.6. The van der Waals surface area contributed by atoms with E-state index in [9.17, 15) is 14.0 Å². The number of halogens is 1. The Labute approximate surface area is 121 Å². The second-order valence-electron chi connectivity index (χ2n) is 4.53. The van der Waals surface area contributed by atoms with Crippen LogP contribution >= 0.6 is 0 Å². The van der Waals surface area contributed by atoms with Crippen molar-refractivity contribution in [2.75, 3.05) is 10.6 Å². The van der Waals surface area contributed by atoms with Crippen molar-refractivity contribution in [3.63, 3.8) is 0 Å². The van der Waals surface area contributed by atoms with Gasteiger partial charge in [0.25, 0.3) is 0 Å². The van der Waals surface area contributed by atoms with Gasteiger partial charge in [0, 0.05) is 25.0 Å². The van der Waals surface area contributed by atoms with E-state index < -0.39 is 11.9 Å². The average Bonchev–Trinajstić information content (AvgIpc) is 2.95. The van der Waals surface area contributed by atoms with Crippen molar-refractivity contribution >= 4 is 23.2 Å². The van der Waals surface area contributed by atoms with Gasteiger partial charge in [-0.2, -0.15) is 5.10 Å². The molecule has 0 aliphatic heterocycles. The summed E-state index contributed by atoms with van der Waals surface area (Å²) in [4.78, 5) is 23.1. The lowest BCUT2D eigenvalue weighted by Crippen LogP contribution is -2.24. The molecule has 21 heavy (non-hydrogen) atoms. The maximum Gasteiger partial charge on any atom is 0.248 e. The van der Waals surface area contributed by atoms with E-state index in [1.54, 1.807) is 25.4 Å². The monoisotopic (exact) mass is 290 g/mol. The molecule has 0 fully saturated rings. The van der Waals surface area contributed by atoms with Crippen LogP contribution in [0.1, 0.15) is 19.9 Å². The zero-order chi connectivity index (χ0) is 15.4. The van der Waals surface area contributed by atoms with Crippen LogP contribution in [-0.4, -0.2) is 21.6 Å². The minimum absolute atomic E-state index is 0.0204. The molecular formula is C14H15FN4O2. The second-order valence-corrected chi connectivity index (χ2v) is 4.53. The Kier molecular flexibility index (Phi) is 4.32. The van der Waals surface area contributed by atoms with Gasteiger partial charge in [-0.25, -0.2) is 4.39 Å². The molecule has 0 saturated heterocycles. The molecule has 0 bridgehead atoms. The van der Waals surface area contributed by atoms with E-state index in [1.165, 1.54) is 29.8 Å². The molecule has 2 aromatic rings. The van der Waals surface area contributed by atoms with Gasteiger partial charge in [-0.05, 0) is 31.2 Å². The quantitative estimate of drug-likeness (QED) is 0.906. The predicted molar refractivity (Wildman–Crippen MR) is 76.3 cm³/mol. The van der Waals surface area contributed by atoms with Crippen molar-refractivity contribution in [1.82, 2.24) is 9.78 Å². The van der Waals surface area contributed by atoms with E-state index >= 15 is 0 Å². The predicted octanol–water partition coefficient (Wildman–Crippen LogP) is 2.18.